The number of amides is 1. The van der Waals surface area contributed by atoms with Crippen molar-refractivity contribution in [2.45, 2.75) is 40.2 Å². The van der Waals surface area contributed by atoms with Crippen LogP contribution in [0.2, 0.25) is 0 Å². The Hall–Kier alpha value is -3.12. The number of carbonyl (C=O) groups is 2. The number of quaternary nitrogens is 1. The maximum atomic E-state index is 13.6. The van der Waals surface area contributed by atoms with Crippen LogP contribution in [0.1, 0.15) is 49.1 Å². The highest BCUT2D eigenvalue weighted by atomic mass is 16.5. The number of ether oxygens (including phenoxy) is 1. The lowest BCUT2D eigenvalue weighted by atomic mass is 9.94. The highest BCUT2D eigenvalue weighted by Gasteiger charge is 2.44. The maximum Gasteiger partial charge on any atom is 0.295 e. The molecular formula is C28H36N2O4. The van der Waals surface area contributed by atoms with Crippen molar-refractivity contribution in [3.63, 3.8) is 0 Å². The fourth-order valence-electron chi connectivity index (χ4n) is 4.09. The third kappa shape index (κ3) is 5.50. The molecule has 2 aromatic rings. The van der Waals surface area contributed by atoms with Crippen LogP contribution in [-0.2, 0) is 16.0 Å². The molecule has 3 rings (SSSR count). The van der Waals surface area contributed by atoms with Crippen LogP contribution in [-0.4, -0.2) is 50.4 Å². The number of ketones is 1. The van der Waals surface area contributed by atoms with Crippen LogP contribution in [0.5, 0.6) is 5.75 Å². The average Bonchev–Trinajstić information content (AvgIpc) is 3.06. The van der Waals surface area contributed by atoms with Crippen LogP contribution in [0.15, 0.2) is 48.0 Å². The van der Waals surface area contributed by atoms with Crippen molar-refractivity contribution in [3.05, 3.63) is 70.3 Å². The first-order valence-electron chi connectivity index (χ1n) is 12.0. The molecule has 0 saturated carbocycles. The van der Waals surface area contributed by atoms with Crippen molar-refractivity contribution in [1.29, 1.82) is 0 Å². The van der Waals surface area contributed by atoms with Gasteiger partial charge in [-0.25, -0.2) is 0 Å². The molecular weight excluding hydrogens is 428 g/mol. The molecule has 1 saturated heterocycles. The molecule has 1 atom stereocenters. The molecule has 2 aromatic carbocycles. The van der Waals surface area contributed by atoms with Gasteiger partial charge in [0.1, 0.15) is 5.75 Å². The molecule has 0 spiro atoms. The van der Waals surface area contributed by atoms with Gasteiger partial charge in [-0.15, -0.1) is 0 Å². The molecule has 1 unspecified atom stereocenters. The summed E-state index contributed by atoms with van der Waals surface area (Å²) >= 11 is 0. The van der Waals surface area contributed by atoms with E-state index in [0.29, 0.717) is 36.9 Å². The Labute approximate surface area is 202 Å². The van der Waals surface area contributed by atoms with E-state index in [1.165, 1.54) is 0 Å². The smallest absolute Gasteiger partial charge is 0.295 e. The van der Waals surface area contributed by atoms with Gasteiger partial charge in [0.15, 0.2) is 0 Å². The summed E-state index contributed by atoms with van der Waals surface area (Å²) in [7, 11) is 3.99. The molecule has 1 N–H and O–H groups in total. The third-order valence-electron chi connectivity index (χ3n) is 6.10. The second-order valence-electron chi connectivity index (χ2n) is 9.71. The molecule has 1 heterocycles. The summed E-state index contributed by atoms with van der Waals surface area (Å²) in [5.41, 5.74) is 3.17. The van der Waals surface area contributed by atoms with Crippen molar-refractivity contribution in [1.82, 2.24) is 4.90 Å². The van der Waals surface area contributed by atoms with Crippen molar-refractivity contribution >= 4 is 17.4 Å². The van der Waals surface area contributed by atoms with Gasteiger partial charge in [-0.05, 0) is 53.6 Å². The number of hydrogen-bond donors (Lipinski definition) is 1. The predicted molar refractivity (Wildman–Crippen MR) is 131 cm³/mol. The van der Waals surface area contributed by atoms with Gasteiger partial charge in [-0.2, -0.15) is 0 Å². The van der Waals surface area contributed by atoms with Crippen LogP contribution in [0.4, 0.5) is 0 Å². The minimum Gasteiger partial charge on any atom is -0.872 e. The normalized spacial score (nSPS) is 17.8. The van der Waals surface area contributed by atoms with E-state index in [-0.39, 0.29) is 5.57 Å². The van der Waals surface area contributed by atoms with E-state index < -0.39 is 23.5 Å². The molecule has 6 heteroatoms. The lowest BCUT2D eigenvalue weighted by Gasteiger charge is -2.28. The molecule has 1 amide bonds. The average molecular weight is 465 g/mol. The van der Waals surface area contributed by atoms with E-state index in [9.17, 15) is 14.7 Å². The van der Waals surface area contributed by atoms with Gasteiger partial charge < -0.3 is 19.6 Å². The summed E-state index contributed by atoms with van der Waals surface area (Å²) < 4.78 is 5.83. The molecule has 0 aliphatic carbocycles. The van der Waals surface area contributed by atoms with E-state index >= 15 is 0 Å². The number of hydrogen-bond acceptors (Lipinski definition) is 4. The zero-order valence-electron chi connectivity index (χ0n) is 21.1. The third-order valence-corrected chi connectivity index (χ3v) is 6.10. The van der Waals surface area contributed by atoms with E-state index in [1.807, 2.05) is 45.3 Å². The van der Waals surface area contributed by atoms with E-state index in [1.54, 1.807) is 23.1 Å². The summed E-state index contributed by atoms with van der Waals surface area (Å²) in [6, 6.07) is 12.3. The van der Waals surface area contributed by atoms with Gasteiger partial charge >= 0.3 is 0 Å². The standard InChI is InChI=1S/C28H36N2O4/c1-7-20-8-10-21(11-9-20)25-24(27(32)28(33)30(25)15-14-29(5)6)26(31)22-12-13-23(19(4)16-22)34-17-18(2)3/h8-13,16,18,25,31H,7,14-15,17H2,1-6H3/b26-24+. The van der Waals surface area contributed by atoms with Crippen LogP contribution >= 0.6 is 0 Å². The summed E-state index contributed by atoms with van der Waals surface area (Å²) in [5, 5.41) is 13.6. The molecule has 182 valence electrons. The lowest BCUT2D eigenvalue weighted by Crippen LogP contribution is -3.06. The second kappa shape index (κ2) is 10.9. The number of rotatable bonds is 9. The molecule has 0 radical (unpaired) electrons. The Morgan fingerprint density at radius 3 is 2.35 bits per heavy atom. The number of nitrogens with zero attached hydrogens (tertiary/aromatic N) is 1. The van der Waals surface area contributed by atoms with Gasteiger partial charge in [-0.3, -0.25) is 9.59 Å². The summed E-state index contributed by atoms with van der Waals surface area (Å²) in [6.45, 7) is 9.74. The number of likely N-dealkylation sites (N-methyl/N-ethyl adjacent to an activating group) is 1. The quantitative estimate of drug-likeness (QED) is 0.350. The second-order valence-corrected chi connectivity index (χ2v) is 9.71. The zero-order chi connectivity index (χ0) is 25.0. The number of carbonyl (C=O) groups excluding carboxylic acids is 2. The molecule has 6 nitrogen and oxygen atoms in total. The number of likely N-dealkylation sites (tertiary alicyclic amines) is 1. The fourth-order valence-corrected chi connectivity index (χ4v) is 4.09. The Morgan fingerprint density at radius 1 is 1.12 bits per heavy atom. The minimum absolute atomic E-state index is 0.0262. The first-order chi connectivity index (χ1) is 16.1. The zero-order valence-corrected chi connectivity index (χ0v) is 21.1. The largest absolute Gasteiger partial charge is 0.872 e. The highest BCUT2D eigenvalue weighted by molar-refractivity contribution is 6.46. The van der Waals surface area contributed by atoms with Gasteiger partial charge in [-0.1, -0.05) is 56.9 Å². The first-order valence-corrected chi connectivity index (χ1v) is 12.0. The van der Waals surface area contributed by atoms with Crippen molar-refractivity contribution in [3.8, 4) is 5.75 Å². The van der Waals surface area contributed by atoms with Crippen LogP contribution in [0, 0.1) is 12.8 Å². The number of benzene rings is 2. The Kier molecular flexibility index (Phi) is 8.15. The SMILES string of the molecule is CCc1ccc(C2/C(=C(\[O-])c3ccc(OCC(C)C)c(C)c3)C(=O)C(=O)N2CC[NH+](C)C)cc1. The van der Waals surface area contributed by atoms with E-state index in [4.69, 9.17) is 4.74 Å². The maximum absolute atomic E-state index is 13.6. The van der Waals surface area contributed by atoms with Crippen LogP contribution in [0.3, 0.4) is 0 Å². The monoisotopic (exact) mass is 464 g/mol. The molecule has 0 bridgehead atoms. The van der Waals surface area contributed by atoms with E-state index in [0.717, 1.165) is 28.0 Å². The first kappa shape index (κ1) is 25.5. The Balaban J connectivity index is 2.06. The number of aryl methyl sites for hydroxylation is 2. The Bertz CT molecular complexity index is 1070. The predicted octanol–water partition coefficient (Wildman–Crippen LogP) is 1.96. The number of nitrogens with one attached hydrogen (secondary N) is 1. The lowest BCUT2D eigenvalue weighted by molar-refractivity contribution is -0.857. The number of Topliss-reactive ketones (excluding diaryl/α,β-unsaturated/α-hetero) is 1. The van der Waals surface area contributed by atoms with Crippen molar-refractivity contribution < 1.29 is 24.3 Å². The van der Waals surface area contributed by atoms with E-state index in [2.05, 4.69) is 20.8 Å². The van der Waals surface area contributed by atoms with Gasteiger partial charge in [0.25, 0.3) is 5.91 Å². The van der Waals surface area contributed by atoms with Crippen LogP contribution in [0.25, 0.3) is 5.76 Å². The van der Waals surface area contributed by atoms with Crippen molar-refractivity contribution in [2.75, 3.05) is 33.8 Å². The molecule has 1 aliphatic rings. The molecule has 1 fully saturated rings. The summed E-state index contributed by atoms with van der Waals surface area (Å²) in [4.78, 5) is 28.9. The van der Waals surface area contributed by atoms with Gasteiger partial charge in [0.2, 0.25) is 5.78 Å². The Morgan fingerprint density at radius 2 is 1.79 bits per heavy atom. The molecule has 0 aromatic heterocycles. The van der Waals surface area contributed by atoms with Gasteiger partial charge in [0, 0.05) is 5.57 Å². The van der Waals surface area contributed by atoms with Crippen LogP contribution < -0.4 is 14.7 Å². The minimum atomic E-state index is -0.707. The fraction of sp³-hybridized carbons (Fsp3) is 0.429. The van der Waals surface area contributed by atoms with Gasteiger partial charge in [0.05, 0.1) is 39.8 Å². The summed E-state index contributed by atoms with van der Waals surface area (Å²) in [5.74, 6) is -0.621. The topological polar surface area (TPSA) is 74.1 Å². The molecule has 1 aliphatic heterocycles. The molecule has 34 heavy (non-hydrogen) atoms. The summed E-state index contributed by atoms with van der Waals surface area (Å²) in [6.07, 6.45) is 0.885. The highest BCUT2D eigenvalue weighted by Crippen LogP contribution is 2.39. The van der Waals surface area contributed by atoms with Crippen molar-refractivity contribution in [2.24, 2.45) is 5.92 Å².